The number of nitrogens with zero attached hydrogens (tertiary/aromatic N) is 3. The third-order valence-electron chi connectivity index (χ3n) is 2.51. The zero-order chi connectivity index (χ0) is 13.7. The Balaban J connectivity index is 2.64. The predicted octanol–water partition coefficient (Wildman–Crippen LogP) is -2.79. The summed E-state index contributed by atoms with van der Waals surface area (Å²) in [4.78, 5) is 13.6. The lowest BCUT2D eigenvalue weighted by molar-refractivity contribution is -0.253. The van der Waals surface area contributed by atoms with Crippen LogP contribution in [0.1, 0.15) is 0 Å². The molecule has 1 heterocycles. The molecule has 1 fully saturated rings. The molecule has 5 N–H and O–H groups in total. The van der Waals surface area contributed by atoms with Crippen molar-refractivity contribution in [2.24, 2.45) is 5.11 Å². The number of hydrogen-bond donors (Lipinski definition) is 5. The first-order chi connectivity index (χ1) is 8.51. The first kappa shape index (κ1) is 14.6. The minimum Gasteiger partial charge on any atom is -0.394 e. The highest BCUT2D eigenvalue weighted by molar-refractivity contribution is 5.78. The summed E-state index contributed by atoms with van der Waals surface area (Å²) in [6.45, 7) is -1.10. The topological polar surface area (TPSA) is 168 Å². The largest absolute Gasteiger partial charge is 0.394 e. The Morgan fingerprint density at radius 3 is 2.61 bits per heavy atom. The molecule has 1 amide bonds. The fourth-order valence-corrected chi connectivity index (χ4v) is 1.58. The van der Waals surface area contributed by atoms with E-state index in [-0.39, 0.29) is 0 Å². The van der Waals surface area contributed by atoms with E-state index in [1.165, 1.54) is 0 Å². The van der Waals surface area contributed by atoms with E-state index in [9.17, 15) is 20.1 Å². The van der Waals surface area contributed by atoms with Gasteiger partial charge in [0.1, 0.15) is 30.9 Å². The number of aliphatic hydroxyl groups is 4. The summed E-state index contributed by atoms with van der Waals surface area (Å²) in [7, 11) is 0. The van der Waals surface area contributed by atoms with Gasteiger partial charge in [0.25, 0.3) is 0 Å². The quantitative estimate of drug-likeness (QED) is 0.208. The van der Waals surface area contributed by atoms with Crippen molar-refractivity contribution in [3.63, 3.8) is 0 Å². The van der Waals surface area contributed by atoms with E-state index in [0.717, 1.165) is 0 Å². The standard InChI is InChI=1S/C8H14N4O6/c9-12-10-1-4(14)11-5-7(16)6(15)3(2-13)18-8(5)17/h3,5-8,13,15-17H,1-2H2,(H,11,14)/t3?,5-,6+,7?,8?/m0/s1. The van der Waals surface area contributed by atoms with Gasteiger partial charge in [0.15, 0.2) is 6.29 Å². The number of hydrogen-bond acceptors (Lipinski definition) is 7. The van der Waals surface area contributed by atoms with Crippen LogP contribution in [0.5, 0.6) is 0 Å². The Labute approximate surface area is 101 Å². The first-order valence-corrected chi connectivity index (χ1v) is 5.12. The number of nitrogens with one attached hydrogen (secondary N) is 1. The maximum absolute atomic E-state index is 11.2. The predicted molar refractivity (Wildman–Crippen MR) is 55.9 cm³/mol. The minimum absolute atomic E-state index is 0.508. The lowest BCUT2D eigenvalue weighted by Gasteiger charge is -2.40. The van der Waals surface area contributed by atoms with Crippen LogP contribution in [-0.2, 0) is 9.53 Å². The second kappa shape index (κ2) is 6.50. The fraction of sp³-hybridized carbons (Fsp3) is 0.875. The van der Waals surface area contributed by atoms with Crippen LogP contribution in [0.3, 0.4) is 0 Å². The number of ether oxygens (including phenoxy) is 1. The highest BCUT2D eigenvalue weighted by atomic mass is 16.6. The molecule has 1 aliphatic rings. The highest BCUT2D eigenvalue weighted by Crippen LogP contribution is 2.19. The van der Waals surface area contributed by atoms with Gasteiger partial charge in [-0.3, -0.25) is 4.79 Å². The SMILES string of the molecule is [N-]=[N+]=NCC(=O)N[C@@H]1C(O)OC(CO)[C@@H](O)C1O. The Kier molecular flexibility index (Phi) is 5.28. The molecule has 10 heteroatoms. The minimum atomic E-state index is -1.59. The molecule has 0 aromatic carbocycles. The van der Waals surface area contributed by atoms with Crippen LogP contribution in [-0.4, -0.2) is 70.1 Å². The van der Waals surface area contributed by atoms with E-state index in [0.29, 0.717) is 0 Å². The number of amides is 1. The van der Waals surface area contributed by atoms with Gasteiger partial charge in [0.05, 0.1) is 6.61 Å². The van der Waals surface area contributed by atoms with Gasteiger partial charge in [-0.1, -0.05) is 5.11 Å². The van der Waals surface area contributed by atoms with Crippen LogP contribution in [0.4, 0.5) is 0 Å². The van der Waals surface area contributed by atoms with Gasteiger partial charge in [-0.15, -0.1) is 0 Å². The van der Waals surface area contributed by atoms with Crippen molar-refractivity contribution in [3.8, 4) is 0 Å². The van der Waals surface area contributed by atoms with Gasteiger partial charge in [-0.25, -0.2) is 0 Å². The summed E-state index contributed by atoms with van der Waals surface area (Å²) in [5.41, 5.74) is 8.02. The Bertz CT molecular complexity index is 346. The smallest absolute Gasteiger partial charge is 0.226 e. The van der Waals surface area contributed by atoms with Crippen molar-refractivity contribution in [3.05, 3.63) is 10.4 Å². The molecule has 0 aliphatic carbocycles. The second-order valence-electron chi connectivity index (χ2n) is 3.71. The van der Waals surface area contributed by atoms with Crippen molar-refractivity contribution in [2.75, 3.05) is 13.2 Å². The van der Waals surface area contributed by atoms with E-state index in [4.69, 9.17) is 15.4 Å². The number of carbonyl (C=O) groups excluding carboxylic acids is 1. The number of azide groups is 1. The van der Waals surface area contributed by atoms with Crippen molar-refractivity contribution < 1.29 is 30.0 Å². The lowest BCUT2D eigenvalue weighted by Crippen LogP contribution is -2.64. The van der Waals surface area contributed by atoms with E-state index in [1.807, 2.05) is 0 Å². The van der Waals surface area contributed by atoms with Crippen LogP contribution in [0.2, 0.25) is 0 Å². The molecular weight excluding hydrogens is 248 g/mol. The molecule has 0 saturated carbocycles. The van der Waals surface area contributed by atoms with Crippen LogP contribution in [0.25, 0.3) is 10.4 Å². The highest BCUT2D eigenvalue weighted by Gasteiger charge is 2.44. The summed E-state index contributed by atoms with van der Waals surface area (Å²) >= 11 is 0. The average molecular weight is 262 g/mol. The lowest BCUT2D eigenvalue weighted by atomic mass is 9.97. The molecule has 10 nitrogen and oxygen atoms in total. The molecule has 0 radical (unpaired) electrons. The average Bonchev–Trinajstić information content (AvgIpc) is 2.36. The van der Waals surface area contributed by atoms with E-state index < -0.39 is 49.7 Å². The molecule has 18 heavy (non-hydrogen) atoms. The molecule has 1 rings (SSSR count). The molecule has 0 spiro atoms. The third kappa shape index (κ3) is 3.29. The second-order valence-corrected chi connectivity index (χ2v) is 3.71. The van der Waals surface area contributed by atoms with Crippen molar-refractivity contribution in [1.82, 2.24) is 5.32 Å². The third-order valence-corrected chi connectivity index (χ3v) is 2.51. The summed E-state index contributed by atoms with van der Waals surface area (Å²) in [6.07, 6.45) is -5.69. The van der Waals surface area contributed by atoms with Crippen molar-refractivity contribution >= 4 is 5.91 Å². The maximum atomic E-state index is 11.2. The normalized spacial score (nSPS) is 35.7. The van der Waals surface area contributed by atoms with Gasteiger partial charge in [0, 0.05) is 4.91 Å². The van der Waals surface area contributed by atoms with Gasteiger partial charge in [-0.2, -0.15) is 0 Å². The molecule has 1 aliphatic heterocycles. The number of aliphatic hydroxyl groups excluding tert-OH is 4. The maximum Gasteiger partial charge on any atom is 0.226 e. The molecule has 1 saturated heterocycles. The monoisotopic (exact) mass is 262 g/mol. The van der Waals surface area contributed by atoms with Crippen molar-refractivity contribution in [1.29, 1.82) is 0 Å². The number of carbonyl (C=O) groups is 1. The van der Waals surface area contributed by atoms with Gasteiger partial charge >= 0.3 is 0 Å². The molecule has 0 aromatic heterocycles. The van der Waals surface area contributed by atoms with E-state index in [1.54, 1.807) is 0 Å². The summed E-state index contributed by atoms with van der Waals surface area (Å²) in [5, 5.41) is 42.7. The molecule has 102 valence electrons. The van der Waals surface area contributed by atoms with E-state index in [2.05, 4.69) is 15.3 Å². The molecule has 0 bridgehead atoms. The Hall–Kier alpha value is -1.42. The van der Waals surface area contributed by atoms with Crippen molar-refractivity contribution in [2.45, 2.75) is 30.6 Å². The van der Waals surface area contributed by atoms with Gasteiger partial charge in [-0.05, 0) is 5.53 Å². The molecule has 5 atom stereocenters. The Morgan fingerprint density at radius 2 is 2.06 bits per heavy atom. The van der Waals surface area contributed by atoms with Crippen LogP contribution < -0.4 is 5.32 Å². The fourth-order valence-electron chi connectivity index (χ4n) is 1.58. The zero-order valence-corrected chi connectivity index (χ0v) is 9.25. The summed E-state index contributed by atoms with van der Waals surface area (Å²) in [6, 6.07) is -1.27. The molecular formula is C8H14N4O6. The summed E-state index contributed by atoms with van der Waals surface area (Å²) in [5.74, 6) is -0.742. The molecule has 3 unspecified atom stereocenters. The van der Waals surface area contributed by atoms with Crippen LogP contribution in [0.15, 0.2) is 5.11 Å². The Morgan fingerprint density at radius 1 is 1.39 bits per heavy atom. The summed E-state index contributed by atoms with van der Waals surface area (Å²) < 4.78 is 4.81. The zero-order valence-electron chi connectivity index (χ0n) is 9.25. The number of rotatable bonds is 4. The van der Waals surface area contributed by atoms with Gasteiger partial charge < -0.3 is 30.5 Å². The van der Waals surface area contributed by atoms with Gasteiger partial charge in [0.2, 0.25) is 5.91 Å². The first-order valence-electron chi connectivity index (χ1n) is 5.12. The van der Waals surface area contributed by atoms with E-state index >= 15 is 0 Å². The van der Waals surface area contributed by atoms with Crippen LogP contribution in [0, 0.1) is 0 Å². The molecule has 0 aromatic rings. The van der Waals surface area contributed by atoms with Crippen LogP contribution >= 0.6 is 0 Å².